The summed E-state index contributed by atoms with van der Waals surface area (Å²) in [5.41, 5.74) is 17.5. The summed E-state index contributed by atoms with van der Waals surface area (Å²) < 4.78 is 17.9. The summed E-state index contributed by atoms with van der Waals surface area (Å²) in [6.45, 7) is 5.28. The topological polar surface area (TPSA) is 205 Å². The first kappa shape index (κ1) is 32.8. The Morgan fingerprint density at radius 3 is 1.66 bits per heavy atom. The van der Waals surface area contributed by atoms with Crippen LogP contribution in [0.4, 0.5) is 26.4 Å². The number of hydrogen-bond acceptors (Lipinski definition) is 13. The molecular weight excluding hydrogens is 645 g/mol. The maximum atomic E-state index is 12.9. The fraction of sp³-hybridized carbons (Fsp3) is 0.194. The molecule has 6 aromatic rings. The van der Waals surface area contributed by atoms with Crippen LogP contribution in [0, 0.1) is 0 Å². The average molecular weight is 677 g/mol. The second kappa shape index (κ2) is 13.0. The van der Waals surface area contributed by atoms with Gasteiger partial charge in [-0.1, -0.05) is 0 Å². The summed E-state index contributed by atoms with van der Waals surface area (Å²) in [6, 6.07) is 13.8. The van der Waals surface area contributed by atoms with Crippen molar-refractivity contribution in [2.45, 2.75) is 26.4 Å². The van der Waals surface area contributed by atoms with E-state index >= 15 is 0 Å². The second-order valence-corrected chi connectivity index (χ2v) is 12.8. The zero-order chi connectivity index (χ0) is 34.0. The van der Waals surface area contributed by atoms with Gasteiger partial charge in [-0.25, -0.2) is 4.79 Å². The van der Waals surface area contributed by atoms with Crippen LogP contribution in [0.3, 0.4) is 0 Å². The van der Waals surface area contributed by atoms with E-state index in [2.05, 4.69) is 15.5 Å². The number of thiophene rings is 2. The number of amides is 1. The summed E-state index contributed by atoms with van der Waals surface area (Å²) in [5.74, 6) is 1.83. The number of nitrogens with zero attached hydrogens (tertiary/aromatic N) is 4. The molecule has 0 fully saturated rings. The second-order valence-electron chi connectivity index (χ2n) is 11.0. The molecule has 0 spiro atoms. The molecule has 0 atom stereocenters. The quantitative estimate of drug-likeness (QED) is 0.191. The number of hydrogen-bond donors (Lipinski definition) is 4. The van der Waals surface area contributed by atoms with E-state index in [9.17, 15) is 14.4 Å². The van der Waals surface area contributed by atoms with Crippen LogP contribution in [-0.4, -0.2) is 45.5 Å². The Morgan fingerprint density at radius 2 is 1.19 bits per heavy atom. The Hall–Kier alpha value is -5.61. The Kier molecular flexibility index (Phi) is 9.08. The molecule has 7 N–H and O–H groups in total. The third-order valence-corrected chi connectivity index (χ3v) is 8.27. The number of nitrogens with one attached hydrogen (secondary N) is 1. The Balaban J connectivity index is 0.000000193. The zero-order valence-electron chi connectivity index (χ0n) is 26.1. The van der Waals surface area contributed by atoms with E-state index in [1.54, 1.807) is 94.3 Å². The van der Waals surface area contributed by atoms with Crippen LogP contribution in [0.5, 0.6) is 11.5 Å². The van der Waals surface area contributed by atoms with Crippen LogP contribution >= 0.6 is 22.7 Å². The van der Waals surface area contributed by atoms with E-state index in [-0.39, 0.29) is 22.8 Å². The normalized spacial score (nSPS) is 11.2. The summed E-state index contributed by atoms with van der Waals surface area (Å²) >= 11 is 2.49. The third-order valence-electron chi connectivity index (χ3n) is 6.64. The van der Waals surface area contributed by atoms with Crippen molar-refractivity contribution in [3.63, 3.8) is 0 Å². The average Bonchev–Trinajstić information content (AvgIpc) is 3.63. The van der Waals surface area contributed by atoms with Crippen LogP contribution in [-0.2, 0) is 4.74 Å². The van der Waals surface area contributed by atoms with E-state index in [0.717, 1.165) is 0 Å². The molecular formula is C31H32N8O6S2. The molecule has 0 saturated carbocycles. The summed E-state index contributed by atoms with van der Waals surface area (Å²) in [7, 11) is 3.13. The number of benzene rings is 2. The van der Waals surface area contributed by atoms with Crippen LogP contribution in [0.25, 0.3) is 32.9 Å². The van der Waals surface area contributed by atoms with Gasteiger partial charge in [0.2, 0.25) is 0 Å². The van der Waals surface area contributed by atoms with Gasteiger partial charge >= 0.3 is 6.09 Å². The highest BCUT2D eigenvalue weighted by atomic mass is 32.1. The van der Waals surface area contributed by atoms with Crippen molar-refractivity contribution in [3.05, 3.63) is 80.0 Å². The molecule has 47 heavy (non-hydrogen) atoms. The fourth-order valence-corrected chi connectivity index (χ4v) is 6.05. The van der Waals surface area contributed by atoms with E-state index in [1.165, 1.54) is 32.0 Å². The van der Waals surface area contributed by atoms with Gasteiger partial charge in [-0.05, 0) is 69.3 Å². The van der Waals surface area contributed by atoms with Crippen molar-refractivity contribution in [2.24, 2.45) is 0 Å². The summed E-state index contributed by atoms with van der Waals surface area (Å²) in [4.78, 5) is 37.5. The van der Waals surface area contributed by atoms with Gasteiger partial charge in [0.25, 0.3) is 11.1 Å². The van der Waals surface area contributed by atoms with E-state index < -0.39 is 11.7 Å². The lowest BCUT2D eigenvalue weighted by Crippen LogP contribution is -2.29. The van der Waals surface area contributed by atoms with Crippen LogP contribution in [0.15, 0.2) is 68.9 Å². The van der Waals surface area contributed by atoms with Crippen molar-refractivity contribution >= 4 is 71.9 Å². The van der Waals surface area contributed by atoms with E-state index in [4.69, 9.17) is 31.4 Å². The molecule has 1 amide bonds. The monoisotopic (exact) mass is 676 g/mol. The van der Waals surface area contributed by atoms with Gasteiger partial charge < -0.3 is 31.4 Å². The molecule has 0 aliphatic carbocycles. The van der Waals surface area contributed by atoms with E-state index in [0.29, 0.717) is 54.4 Å². The Morgan fingerprint density at radius 1 is 0.745 bits per heavy atom. The van der Waals surface area contributed by atoms with Gasteiger partial charge in [-0.3, -0.25) is 14.9 Å². The molecule has 0 aliphatic heterocycles. The van der Waals surface area contributed by atoms with Crippen molar-refractivity contribution in [2.75, 3.05) is 36.7 Å². The first-order valence-corrected chi connectivity index (χ1v) is 15.7. The largest absolute Gasteiger partial charge is 0.497 e. The van der Waals surface area contributed by atoms with Crippen molar-refractivity contribution in [3.8, 4) is 22.9 Å². The number of aromatic nitrogens is 4. The lowest BCUT2D eigenvalue weighted by atomic mass is 10.2. The Bertz CT molecular complexity index is 2200. The van der Waals surface area contributed by atoms with Gasteiger partial charge in [0.15, 0.2) is 11.6 Å². The smallest absolute Gasteiger partial charge is 0.413 e. The highest BCUT2D eigenvalue weighted by molar-refractivity contribution is 7.16. The van der Waals surface area contributed by atoms with Crippen molar-refractivity contribution < 1.29 is 19.0 Å². The minimum absolute atomic E-state index is 0.197. The molecule has 0 unspecified atom stereocenters. The minimum atomic E-state index is -0.666. The lowest BCUT2D eigenvalue weighted by molar-refractivity contribution is 0.0635. The van der Waals surface area contributed by atoms with Gasteiger partial charge in [0.1, 0.15) is 17.1 Å². The summed E-state index contributed by atoms with van der Waals surface area (Å²) in [5, 5.41) is 17.1. The zero-order valence-corrected chi connectivity index (χ0v) is 27.7. The number of anilines is 4. The van der Waals surface area contributed by atoms with Gasteiger partial charge in [-0.15, -0.1) is 32.9 Å². The molecule has 0 saturated heterocycles. The number of nitrogen functional groups attached to an aromatic ring is 3. The molecule has 16 heteroatoms. The molecule has 6 rings (SSSR count). The molecule has 244 valence electrons. The highest BCUT2D eigenvalue weighted by Crippen LogP contribution is 2.31. The van der Waals surface area contributed by atoms with Crippen molar-refractivity contribution in [1.29, 1.82) is 0 Å². The number of ether oxygens (including phenoxy) is 3. The highest BCUT2D eigenvalue weighted by Gasteiger charge is 2.21. The number of nitrogens with two attached hydrogens (primary N) is 3. The minimum Gasteiger partial charge on any atom is -0.497 e. The van der Waals surface area contributed by atoms with Crippen LogP contribution in [0.1, 0.15) is 20.8 Å². The molecule has 0 radical (unpaired) electrons. The molecule has 14 nitrogen and oxygen atoms in total. The molecule has 4 aromatic heterocycles. The predicted molar refractivity (Wildman–Crippen MR) is 187 cm³/mol. The number of methoxy groups -OCH3 is 2. The standard InChI is InChI=1S/C18H20N4O4S.C13H12N4O2S/c1-18(2,3)26-17(24)20-15-12-9-27-14(19)13(12)16(23)22(21-15)10-5-7-11(25-4)8-6-10;1-19-8-4-2-7(3-5-8)17-13(18)10-9(11(14)16-17)6-20-12(10)15/h5-9H,19H2,1-4H3,(H,20,21,24);2-6H,15H2,1H3,(H2,14,16). The van der Waals surface area contributed by atoms with E-state index in [1.807, 2.05) is 0 Å². The summed E-state index contributed by atoms with van der Waals surface area (Å²) in [6.07, 6.45) is -0.666. The number of carbonyl (C=O) groups excluding carboxylic acids is 1. The molecule has 0 bridgehead atoms. The maximum absolute atomic E-state index is 12.9. The molecule has 4 heterocycles. The van der Waals surface area contributed by atoms with Gasteiger partial charge in [0, 0.05) is 21.5 Å². The van der Waals surface area contributed by atoms with Gasteiger partial charge in [-0.2, -0.15) is 9.36 Å². The first-order valence-electron chi connectivity index (χ1n) is 14.0. The van der Waals surface area contributed by atoms with Crippen LogP contribution < -0.4 is 43.1 Å². The number of rotatable bonds is 5. The first-order chi connectivity index (χ1) is 22.3. The predicted octanol–water partition coefficient (Wildman–Crippen LogP) is 5.01. The van der Waals surface area contributed by atoms with Crippen molar-refractivity contribution in [1.82, 2.24) is 19.6 Å². The van der Waals surface area contributed by atoms with Crippen LogP contribution in [0.2, 0.25) is 0 Å². The fourth-order valence-electron chi connectivity index (χ4n) is 4.46. The number of fused-ring (bicyclic) bond motifs is 2. The molecule has 2 aromatic carbocycles. The maximum Gasteiger partial charge on any atom is 0.413 e. The SMILES string of the molecule is COc1ccc(-n2nc(N)c3csc(N)c3c2=O)cc1.COc1ccc(-n2nc(NC(=O)OC(C)(C)C)c3csc(N)c3c2=O)cc1. The molecule has 0 aliphatic rings. The number of carbonyl (C=O) groups is 1. The van der Waals surface area contributed by atoms with Gasteiger partial charge in [0.05, 0.1) is 46.4 Å². The lowest BCUT2D eigenvalue weighted by Gasteiger charge is -2.19. The Labute approximate surface area is 275 Å². The third kappa shape index (κ3) is 6.83.